The Labute approximate surface area is 125 Å². The Morgan fingerprint density at radius 2 is 1.95 bits per heavy atom. The van der Waals surface area contributed by atoms with Crippen LogP contribution >= 0.6 is 0 Å². The van der Waals surface area contributed by atoms with Crippen LogP contribution in [0.2, 0.25) is 0 Å². The number of amides is 2. The van der Waals surface area contributed by atoms with Crippen molar-refractivity contribution in [1.29, 1.82) is 0 Å². The van der Waals surface area contributed by atoms with Gasteiger partial charge in [-0.05, 0) is 26.0 Å². The van der Waals surface area contributed by atoms with Gasteiger partial charge in [0.25, 0.3) is 0 Å². The molecule has 0 aromatic carbocycles. The highest BCUT2D eigenvalue weighted by Crippen LogP contribution is 2.29. The Hall–Kier alpha value is -2.32. The second-order valence-electron chi connectivity index (χ2n) is 5.11. The number of urea groups is 1. The predicted molar refractivity (Wildman–Crippen MR) is 72.1 cm³/mol. The lowest BCUT2D eigenvalue weighted by Crippen LogP contribution is -2.41. The van der Waals surface area contributed by atoms with E-state index in [2.05, 4.69) is 20.4 Å². The maximum absolute atomic E-state index is 12.5. The normalized spacial score (nSPS) is 11.7. The van der Waals surface area contributed by atoms with Crippen LogP contribution in [0.4, 0.5) is 23.8 Å². The average Bonchev–Trinajstić information content (AvgIpc) is 2.43. The molecule has 0 atom stereocenters. The number of pyridine rings is 1. The number of methoxy groups -OCH3 is 1. The lowest BCUT2D eigenvalue weighted by molar-refractivity contribution is -0.150. The van der Waals surface area contributed by atoms with Gasteiger partial charge in [0.1, 0.15) is 5.82 Å². The molecule has 0 saturated carbocycles. The number of nitrogens with zero attached hydrogens (tertiary/aromatic N) is 1. The Kier molecular flexibility index (Phi) is 5.34. The van der Waals surface area contributed by atoms with Crippen LogP contribution in [0, 0.1) is 5.41 Å². The van der Waals surface area contributed by atoms with Gasteiger partial charge in [0, 0.05) is 12.7 Å². The summed E-state index contributed by atoms with van der Waals surface area (Å²) < 4.78 is 42.2. The number of carbonyl (C=O) groups is 2. The van der Waals surface area contributed by atoms with E-state index in [0.29, 0.717) is 6.07 Å². The second-order valence-corrected chi connectivity index (χ2v) is 5.11. The van der Waals surface area contributed by atoms with Crippen LogP contribution in [0.3, 0.4) is 0 Å². The number of halogens is 3. The number of nitrogens with one attached hydrogen (secondary N) is 2. The number of rotatable bonds is 4. The molecule has 1 aromatic heterocycles. The van der Waals surface area contributed by atoms with Gasteiger partial charge in [-0.3, -0.25) is 10.1 Å². The van der Waals surface area contributed by atoms with Gasteiger partial charge in [0.2, 0.25) is 0 Å². The highest BCUT2D eigenvalue weighted by atomic mass is 19.4. The van der Waals surface area contributed by atoms with Crippen LogP contribution in [0.15, 0.2) is 18.3 Å². The molecular weight excluding hydrogens is 303 g/mol. The first-order valence-corrected chi connectivity index (χ1v) is 6.23. The van der Waals surface area contributed by atoms with Crippen LogP contribution < -0.4 is 10.6 Å². The topological polar surface area (TPSA) is 80.3 Å². The monoisotopic (exact) mass is 319 g/mol. The quantitative estimate of drug-likeness (QED) is 0.835. The van der Waals surface area contributed by atoms with Crippen molar-refractivity contribution in [3.05, 3.63) is 23.9 Å². The fraction of sp³-hybridized carbons (Fsp3) is 0.462. The molecule has 1 heterocycles. The van der Waals surface area contributed by atoms with Gasteiger partial charge >= 0.3 is 18.2 Å². The molecule has 0 unspecified atom stereocenters. The standard InChI is InChI=1S/C13H16F3N3O3/c1-12(2,10(20)22-3)7-18-11(21)19-9-6-8(4-5-17-9)13(14,15)16/h4-6H,7H2,1-3H3,(H2,17,18,19,21). The first kappa shape index (κ1) is 17.7. The first-order chi connectivity index (χ1) is 10.1. The van der Waals surface area contributed by atoms with E-state index in [1.165, 1.54) is 7.11 Å². The Morgan fingerprint density at radius 1 is 1.32 bits per heavy atom. The summed E-state index contributed by atoms with van der Waals surface area (Å²) in [5.74, 6) is -0.770. The van der Waals surface area contributed by atoms with Crippen LogP contribution in [0.1, 0.15) is 19.4 Å². The van der Waals surface area contributed by atoms with Gasteiger partial charge in [-0.2, -0.15) is 13.2 Å². The Bertz CT molecular complexity index is 559. The molecule has 1 aromatic rings. The summed E-state index contributed by atoms with van der Waals surface area (Å²) in [6.07, 6.45) is -3.58. The third-order valence-corrected chi connectivity index (χ3v) is 2.76. The lowest BCUT2D eigenvalue weighted by atomic mass is 9.94. The number of hydrogen-bond donors (Lipinski definition) is 2. The predicted octanol–water partition coefficient (Wildman–Crippen LogP) is 2.42. The van der Waals surface area contributed by atoms with E-state index in [0.717, 1.165) is 12.3 Å². The minimum atomic E-state index is -4.53. The minimum Gasteiger partial charge on any atom is -0.469 e. The molecule has 122 valence electrons. The average molecular weight is 319 g/mol. The number of ether oxygens (including phenoxy) is 1. The Morgan fingerprint density at radius 3 is 2.50 bits per heavy atom. The molecule has 6 nitrogen and oxygen atoms in total. The molecule has 0 spiro atoms. The van der Waals surface area contributed by atoms with Crippen molar-refractivity contribution in [2.24, 2.45) is 5.41 Å². The van der Waals surface area contributed by atoms with Crippen molar-refractivity contribution in [1.82, 2.24) is 10.3 Å². The third-order valence-electron chi connectivity index (χ3n) is 2.76. The molecule has 1 rings (SSSR count). The van der Waals surface area contributed by atoms with E-state index in [4.69, 9.17) is 0 Å². The molecule has 0 bridgehead atoms. The van der Waals surface area contributed by atoms with E-state index in [1.54, 1.807) is 13.8 Å². The molecule has 22 heavy (non-hydrogen) atoms. The summed E-state index contributed by atoms with van der Waals surface area (Å²) in [5, 5.41) is 4.54. The lowest BCUT2D eigenvalue weighted by Gasteiger charge is -2.21. The van der Waals surface area contributed by atoms with Crippen molar-refractivity contribution < 1.29 is 27.5 Å². The molecule has 0 aliphatic carbocycles. The number of carbonyl (C=O) groups excluding carboxylic acids is 2. The first-order valence-electron chi connectivity index (χ1n) is 6.23. The molecular formula is C13H16F3N3O3. The van der Waals surface area contributed by atoms with Crippen LogP contribution in [-0.2, 0) is 15.7 Å². The van der Waals surface area contributed by atoms with E-state index in [9.17, 15) is 22.8 Å². The summed E-state index contributed by atoms with van der Waals surface area (Å²) >= 11 is 0. The fourth-order valence-electron chi connectivity index (χ4n) is 1.49. The third kappa shape index (κ3) is 4.90. The summed E-state index contributed by atoms with van der Waals surface area (Å²) in [4.78, 5) is 26.7. The highest BCUT2D eigenvalue weighted by Gasteiger charge is 2.31. The Balaban J connectivity index is 2.65. The van der Waals surface area contributed by atoms with Gasteiger partial charge in [-0.25, -0.2) is 9.78 Å². The zero-order valence-corrected chi connectivity index (χ0v) is 12.2. The zero-order chi connectivity index (χ0) is 17.0. The molecule has 2 amide bonds. The second kappa shape index (κ2) is 6.63. The molecule has 0 aliphatic heterocycles. The summed E-state index contributed by atoms with van der Waals surface area (Å²) in [5.41, 5.74) is -1.89. The van der Waals surface area contributed by atoms with Gasteiger partial charge in [-0.15, -0.1) is 0 Å². The van der Waals surface area contributed by atoms with Gasteiger partial charge in [0.15, 0.2) is 0 Å². The summed E-state index contributed by atoms with van der Waals surface area (Å²) in [6, 6.07) is 0.734. The van der Waals surface area contributed by atoms with E-state index in [-0.39, 0.29) is 12.4 Å². The van der Waals surface area contributed by atoms with Crippen LogP contribution in [0.5, 0.6) is 0 Å². The maximum Gasteiger partial charge on any atom is 0.416 e. The molecule has 9 heteroatoms. The number of alkyl halides is 3. The number of anilines is 1. The van der Waals surface area contributed by atoms with E-state index in [1.807, 2.05) is 0 Å². The molecule has 2 N–H and O–H groups in total. The molecule has 0 fully saturated rings. The van der Waals surface area contributed by atoms with Crippen molar-refractivity contribution >= 4 is 17.8 Å². The fourth-order valence-corrected chi connectivity index (χ4v) is 1.49. The summed E-state index contributed by atoms with van der Waals surface area (Å²) in [7, 11) is 1.22. The molecule has 0 radical (unpaired) electrons. The highest BCUT2D eigenvalue weighted by molar-refractivity contribution is 5.88. The summed E-state index contributed by atoms with van der Waals surface area (Å²) in [6.45, 7) is 3.06. The van der Waals surface area contributed by atoms with Crippen molar-refractivity contribution in [2.75, 3.05) is 19.0 Å². The van der Waals surface area contributed by atoms with E-state index < -0.39 is 29.2 Å². The number of aromatic nitrogens is 1. The van der Waals surface area contributed by atoms with E-state index >= 15 is 0 Å². The van der Waals surface area contributed by atoms with Gasteiger partial charge in [-0.1, -0.05) is 0 Å². The smallest absolute Gasteiger partial charge is 0.416 e. The van der Waals surface area contributed by atoms with Crippen LogP contribution in [-0.4, -0.2) is 30.6 Å². The van der Waals surface area contributed by atoms with Gasteiger partial charge in [0.05, 0.1) is 18.1 Å². The molecule has 0 aliphatic rings. The van der Waals surface area contributed by atoms with Crippen LogP contribution in [0.25, 0.3) is 0 Å². The zero-order valence-electron chi connectivity index (χ0n) is 12.2. The SMILES string of the molecule is COC(=O)C(C)(C)CNC(=O)Nc1cc(C(F)(F)F)ccn1. The molecule has 0 saturated heterocycles. The van der Waals surface area contributed by atoms with Crippen molar-refractivity contribution in [3.8, 4) is 0 Å². The number of hydrogen-bond acceptors (Lipinski definition) is 4. The largest absolute Gasteiger partial charge is 0.469 e. The van der Waals surface area contributed by atoms with Gasteiger partial charge < -0.3 is 10.1 Å². The van der Waals surface area contributed by atoms with Crippen molar-refractivity contribution in [2.45, 2.75) is 20.0 Å². The minimum absolute atomic E-state index is 0.0511. The maximum atomic E-state index is 12.5. The van der Waals surface area contributed by atoms with Crippen molar-refractivity contribution in [3.63, 3.8) is 0 Å². The number of esters is 1.